The summed E-state index contributed by atoms with van der Waals surface area (Å²) in [5, 5.41) is 0. The molecule has 1 N–H and O–H groups in total. The molecular weight excluding hydrogens is 310 g/mol. The molecule has 0 heterocycles. The smallest absolute Gasteiger partial charge is 0.246 e. The Hall–Kier alpha value is -1.87. The first-order chi connectivity index (χ1) is 11.1. The SMILES string of the molecule is C#CCOC1(S(=O)(=O)NC2CC2)C=CC(c2ccccc2)=CC1. The molecule has 5 heteroatoms. The van der Waals surface area contributed by atoms with Crippen LogP contribution in [-0.4, -0.2) is 26.0 Å². The van der Waals surface area contributed by atoms with Gasteiger partial charge in [0.1, 0.15) is 6.61 Å². The van der Waals surface area contributed by atoms with Crippen LogP contribution in [-0.2, 0) is 14.8 Å². The third-order valence-electron chi connectivity index (χ3n) is 3.98. The maximum atomic E-state index is 12.7. The fourth-order valence-electron chi connectivity index (χ4n) is 2.52. The van der Waals surface area contributed by atoms with Crippen LogP contribution in [0.4, 0.5) is 0 Å². The molecule has 2 aliphatic carbocycles. The average molecular weight is 329 g/mol. The van der Waals surface area contributed by atoms with Crippen LogP contribution < -0.4 is 4.72 Å². The summed E-state index contributed by atoms with van der Waals surface area (Å²) in [6.07, 6.45) is 12.5. The zero-order valence-electron chi connectivity index (χ0n) is 12.7. The van der Waals surface area contributed by atoms with Crippen molar-refractivity contribution in [1.82, 2.24) is 4.72 Å². The molecule has 1 atom stereocenters. The van der Waals surface area contributed by atoms with E-state index in [9.17, 15) is 8.42 Å². The fourth-order valence-corrected chi connectivity index (χ4v) is 4.16. The first-order valence-corrected chi connectivity index (χ1v) is 9.09. The van der Waals surface area contributed by atoms with Gasteiger partial charge in [0.2, 0.25) is 15.0 Å². The zero-order valence-corrected chi connectivity index (χ0v) is 13.6. The molecular formula is C18H19NO3S. The monoisotopic (exact) mass is 329 g/mol. The van der Waals surface area contributed by atoms with Gasteiger partial charge in [0.25, 0.3) is 0 Å². The summed E-state index contributed by atoms with van der Waals surface area (Å²) in [7, 11) is -3.66. The normalized spacial score (nSPS) is 24.0. The minimum Gasteiger partial charge on any atom is -0.341 e. The predicted molar refractivity (Wildman–Crippen MR) is 90.8 cm³/mol. The van der Waals surface area contributed by atoms with E-state index in [0.717, 1.165) is 24.0 Å². The van der Waals surface area contributed by atoms with E-state index in [1.165, 1.54) is 0 Å². The van der Waals surface area contributed by atoms with Crippen molar-refractivity contribution in [3.8, 4) is 12.3 Å². The number of terminal acetylenes is 1. The molecule has 1 fully saturated rings. The van der Waals surface area contributed by atoms with Crippen molar-refractivity contribution in [3.63, 3.8) is 0 Å². The van der Waals surface area contributed by atoms with Crippen molar-refractivity contribution in [1.29, 1.82) is 0 Å². The number of hydrogen-bond donors (Lipinski definition) is 1. The summed E-state index contributed by atoms with van der Waals surface area (Å²) in [4.78, 5) is -1.43. The van der Waals surface area contributed by atoms with Gasteiger partial charge in [0.05, 0.1) is 0 Å². The van der Waals surface area contributed by atoms with Crippen LogP contribution >= 0.6 is 0 Å². The minimum absolute atomic E-state index is 0.0270. The standard InChI is InChI=1S/C18H19NO3S/c1-2-14-22-18(23(20,21)19-17-8-9-17)12-10-16(11-13-18)15-6-4-3-5-7-15/h1,3-7,10-12,17,19H,8-9,13-14H2. The molecule has 0 amide bonds. The van der Waals surface area contributed by atoms with Gasteiger partial charge in [0.15, 0.2) is 0 Å². The highest BCUT2D eigenvalue weighted by Gasteiger charge is 2.45. The minimum atomic E-state index is -3.66. The average Bonchev–Trinajstić information content (AvgIpc) is 3.37. The van der Waals surface area contributed by atoms with Gasteiger partial charge in [-0.2, -0.15) is 0 Å². The van der Waals surface area contributed by atoms with E-state index in [4.69, 9.17) is 11.2 Å². The van der Waals surface area contributed by atoms with Gasteiger partial charge in [-0.25, -0.2) is 13.1 Å². The summed E-state index contributed by atoms with van der Waals surface area (Å²) >= 11 is 0. The highest BCUT2D eigenvalue weighted by molar-refractivity contribution is 7.91. The summed E-state index contributed by atoms with van der Waals surface area (Å²) in [6.45, 7) is -0.0512. The molecule has 1 aromatic rings. The highest BCUT2D eigenvalue weighted by atomic mass is 32.2. The maximum Gasteiger partial charge on any atom is 0.246 e. The number of nitrogens with one attached hydrogen (secondary N) is 1. The number of allylic oxidation sites excluding steroid dienone is 2. The predicted octanol–water partition coefficient (Wildman–Crippen LogP) is 2.46. The van der Waals surface area contributed by atoms with E-state index in [1.54, 1.807) is 12.2 Å². The van der Waals surface area contributed by atoms with E-state index in [1.807, 2.05) is 36.4 Å². The van der Waals surface area contributed by atoms with Crippen LogP contribution in [0.3, 0.4) is 0 Å². The molecule has 0 radical (unpaired) electrons. The lowest BCUT2D eigenvalue weighted by molar-refractivity contribution is 0.0770. The zero-order chi connectivity index (χ0) is 16.3. The number of ether oxygens (including phenoxy) is 1. The van der Waals surface area contributed by atoms with Crippen LogP contribution in [0.2, 0.25) is 0 Å². The van der Waals surface area contributed by atoms with Crippen LogP contribution in [0.15, 0.2) is 48.6 Å². The van der Waals surface area contributed by atoms with Gasteiger partial charge < -0.3 is 4.74 Å². The molecule has 0 spiro atoms. The highest BCUT2D eigenvalue weighted by Crippen LogP contribution is 2.35. The van der Waals surface area contributed by atoms with Gasteiger partial charge >= 0.3 is 0 Å². The Labute approximate surface area is 137 Å². The maximum absolute atomic E-state index is 12.7. The number of hydrogen-bond acceptors (Lipinski definition) is 3. The van der Waals surface area contributed by atoms with Gasteiger partial charge in [0, 0.05) is 12.5 Å². The molecule has 120 valence electrons. The first-order valence-electron chi connectivity index (χ1n) is 7.60. The molecule has 0 aliphatic heterocycles. The second kappa shape index (κ2) is 6.32. The number of rotatable bonds is 6. The Bertz CT molecular complexity index is 770. The second-order valence-electron chi connectivity index (χ2n) is 5.76. The third kappa shape index (κ3) is 3.40. The first kappa shape index (κ1) is 16.0. The quantitative estimate of drug-likeness (QED) is 0.816. The summed E-state index contributed by atoms with van der Waals surface area (Å²) in [5.41, 5.74) is 2.02. The van der Waals surface area contributed by atoms with Crippen molar-refractivity contribution in [2.75, 3.05) is 6.61 Å². The van der Waals surface area contributed by atoms with Gasteiger partial charge in [-0.05, 0) is 30.1 Å². The van der Waals surface area contributed by atoms with Crippen molar-refractivity contribution < 1.29 is 13.2 Å². The summed E-state index contributed by atoms with van der Waals surface area (Å²) in [5.74, 6) is 2.35. The van der Waals surface area contributed by atoms with Crippen LogP contribution in [0.1, 0.15) is 24.8 Å². The van der Waals surface area contributed by atoms with E-state index < -0.39 is 15.0 Å². The lowest BCUT2D eigenvalue weighted by atomic mass is 9.98. The molecule has 1 unspecified atom stereocenters. The Morgan fingerprint density at radius 2 is 2.04 bits per heavy atom. The molecule has 23 heavy (non-hydrogen) atoms. The molecule has 0 saturated heterocycles. The van der Waals surface area contributed by atoms with Crippen molar-refractivity contribution in [2.45, 2.75) is 30.2 Å². The second-order valence-corrected chi connectivity index (χ2v) is 7.70. The van der Waals surface area contributed by atoms with Crippen molar-refractivity contribution in [2.24, 2.45) is 0 Å². The lowest BCUT2D eigenvalue weighted by Crippen LogP contribution is -2.48. The molecule has 1 aromatic carbocycles. The Morgan fingerprint density at radius 3 is 2.61 bits per heavy atom. The molecule has 2 aliphatic rings. The number of sulfonamides is 1. The molecule has 0 bridgehead atoms. The Morgan fingerprint density at radius 1 is 1.30 bits per heavy atom. The molecule has 3 rings (SSSR count). The lowest BCUT2D eigenvalue weighted by Gasteiger charge is -2.31. The topological polar surface area (TPSA) is 55.4 Å². The van der Waals surface area contributed by atoms with Gasteiger partial charge in [-0.1, -0.05) is 48.4 Å². The molecule has 0 aromatic heterocycles. The fraction of sp³-hybridized carbons (Fsp3) is 0.333. The number of benzene rings is 1. The Kier molecular flexibility index (Phi) is 4.40. The van der Waals surface area contributed by atoms with E-state index in [2.05, 4.69) is 10.6 Å². The van der Waals surface area contributed by atoms with Crippen LogP contribution in [0, 0.1) is 12.3 Å². The van der Waals surface area contributed by atoms with Crippen LogP contribution in [0.5, 0.6) is 0 Å². The van der Waals surface area contributed by atoms with Crippen LogP contribution in [0.25, 0.3) is 5.57 Å². The van der Waals surface area contributed by atoms with Gasteiger partial charge in [-0.15, -0.1) is 6.42 Å². The van der Waals surface area contributed by atoms with E-state index >= 15 is 0 Å². The van der Waals surface area contributed by atoms with E-state index in [0.29, 0.717) is 0 Å². The van der Waals surface area contributed by atoms with Crippen molar-refractivity contribution in [3.05, 3.63) is 54.1 Å². The van der Waals surface area contributed by atoms with E-state index in [-0.39, 0.29) is 19.1 Å². The van der Waals surface area contributed by atoms with Crippen molar-refractivity contribution >= 4 is 15.6 Å². The Balaban J connectivity index is 1.87. The van der Waals surface area contributed by atoms with Gasteiger partial charge in [-0.3, -0.25) is 0 Å². The molecule has 4 nitrogen and oxygen atoms in total. The third-order valence-corrected chi connectivity index (χ3v) is 5.96. The summed E-state index contributed by atoms with van der Waals surface area (Å²) in [6, 6.07) is 9.85. The summed E-state index contributed by atoms with van der Waals surface area (Å²) < 4.78 is 33.7. The molecule has 1 saturated carbocycles. The largest absolute Gasteiger partial charge is 0.341 e.